The van der Waals surface area contributed by atoms with E-state index >= 15 is 0 Å². The second-order valence-electron chi connectivity index (χ2n) is 11.2. The molecule has 1 aromatic carbocycles. The summed E-state index contributed by atoms with van der Waals surface area (Å²) in [6.07, 6.45) is 2.64. The molecule has 6 nitrogen and oxygen atoms in total. The number of carbonyl (C=O) groups excluding carboxylic acids is 1. The summed E-state index contributed by atoms with van der Waals surface area (Å²) in [5, 5.41) is 0. The molecule has 0 bridgehead atoms. The van der Waals surface area contributed by atoms with Gasteiger partial charge in [-0.3, -0.25) is 0 Å². The molecule has 0 aliphatic carbocycles. The van der Waals surface area contributed by atoms with E-state index in [4.69, 9.17) is 18.8 Å². The van der Waals surface area contributed by atoms with Gasteiger partial charge in [0.15, 0.2) is 0 Å². The number of hydrogen-bond donors (Lipinski definition) is 0. The molecule has 0 atom stereocenters. The van der Waals surface area contributed by atoms with Crippen LogP contribution in [0.15, 0.2) is 12.1 Å². The highest BCUT2D eigenvalue weighted by molar-refractivity contribution is 6.62. The molecule has 0 aromatic heterocycles. The average Bonchev–Trinajstić information content (AvgIpc) is 2.89. The van der Waals surface area contributed by atoms with Crippen molar-refractivity contribution in [2.75, 3.05) is 20.2 Å². The number of piperidine rings is 1. The monoisotopic (exact) mass is 445 g/mol. The van der Waals surface area contributed by atoms with Crippen LogP contribution in [-0.2, 0) is 20.5 Å². The van der Waals surface area contributed by atoms with Gasteiger partial charge >= 0.3 is 13.2 Å². The Bertz CT molecular complexity index is 821. The van der Waals surface area contributed by atoms with Crippen molar-refractivity contribution in [3.8, 4) is 5.75 Å². The van der Waals surface area contributed by atoms with E-state index in [0.29, 0.717) is 5.92 Å². The molecule has 1 amide bonds. The van der Waals surface area contributed by atoms with Crippen LogP contribution in [-0.4, -0.2) is 55.1 Å². The fourth-order valence-electron chi connectivity index (χ4n) is 4.31. The quantitative estimate of drug-likeness (QED) is 0.640. The highest BCUT2D eigenvalue weighted by Gasteiger charge is 2.51. The van der Waals surface area contributed by atoms with Gasteiger partial charge in [0.05, 0.1) is 18.3 Å². The lowest BCUT2D eigenvalue weighted by Crippen LogP contribution is -2.42. The van der Waals surface area contributed by atoms with Crippen molar-refractivity contribution in [3.63, 3.8) is 0 Å². The molecule has 2 fully saturated rings. The molecule has 32 heavy (non-hydrogen) atoms. The lowest BCUT2D eigenvalue weighted by Gasteiger charge is -2.33. The van der Waals surface area contributed by atoms with Crippen LogP contribution in [0.1, 0.15) is 72.4 Å². The molecule has 2 heterocycles. The second-order valence-corrected chi connectivity index (χ2v) is 11.2. The van der Waals surface area contributed by atoms with Gasteiger partial charge in [-0.1, -0.05) is 6.07 Å². The summed E-state index contributed by atoms with van der Waals surface area (Å²) in [6, 6.07) is 4.22. The predicted octanol–water partition coefficient (Wildman–Crippen LogP) is 4.49. The third-order valence-corrected chi connectivity index (χ3v) is 6.96. The predicted molar refractivity (Wildman–Crippen MR) is 128 cm³/mol. The standard InChI is InChI=1S/C25H40BNO5/c1-17-14-19(26-31-24(5,6)25(7,8)32-26)16-21(29-9)20(17)15-18-10-12-27(13-11-18)22(28)30-23(2,3)4/h14,16,18H,10-13,15H2,1-9H3. The van der Waals surface area contributed by atoms with Crippen molar-refractivity contribution in [2.45, 2.75) is 91.5 Å². The van der Waals surface area contributed by atoms with E-state index in [-0.39, 0.29) is 17.3 Å². The molecule has 178 valence electrons. The third-order valence-electron chi connectivity index (χ3n) is 6.96. The van der Waals surface area contributed by atoms with E-state index in [1.54, 1.807) is 7.11 Å². The van der Waals surface area contributed by atoms with Gasteiger partial charge in [-0.2, -0.15) is 0 Å². The highest BCUT2D eigenvalue weighted by atomic mass is 16.7. The van der Waals surface area contributed by atoms with E-state index in [1.807, 2.05) is 25.7 Å². The molecule has 0 N–H and O–H groups in total. The van der Waals surface area contributed by atoms with Crippen LogP contribution in [0.3, 0.4) is 0 Å². The first-order valence-electron chi connectivity index (χ1n) is 11.7. The topological polar surface area (TPSA) is 57.2 Å². The van der Waals surface area contributed by atoms with E-state index in [0.717, 1.165) is 43.6 Å². The fourth-order valence-corrected chi connectivity index (χ4v) is 4.31. The SMILES string of the molecule is COc1cc(B2OC(C)(C)C(C)(C)O2)cc(C)c1CC1CCN(C(=O)OC(C)(C)C)CC1. The lowest BCUT2D eigenvalue weighted by atomic mass is 9.76. The Labute approximate surface area is 194 Å². The molecular weight excluding hydrogens is 405 g/mol. The lowest BCUT2D eigenvalue weighted by molar-refractivity contribution is 0.00578. The van der Waals surface area contributed by atoms with Crippen LogP contribution in [0.2, 0.25) is 0 Å². The summed E-state index contributed by atoms with van der Waals surface area (Å²) in [6.45, 7) is 17.6. The largest absolute Gasteiger partial charge is 0.496 e. The van der Waals surface area contributed by atoms with Crippen molar-refractivity contribution < 1.29 is 23.6 Å². The molecule has 0 spiro atoms. The Kier molecular flexibility index (Phi) is 6.93. The second kappa shape index (κ2) is 8.90. The number of methoxy groups -OCH3 is 1. The average molecular weight is 445 g/mol. The van der Waals surface area contributed by atoms with Crippen molar-refractivity contribution in [3.05, 3.63) is 23.3 Å². The van der Waals surface area contributed by atoms with Gasteiger partial charge in [-0.25, -0.2) is 4.79 Å². The summed E-state index contributed by atoms with van der Waals surface area (Å²) in [4.78, 5) is 14.2. The number of hydrogen-bond acceptors (Lipinski definition) is 5. The van der Waals surface area contributed by atoms with E-state index in [1.165, 1.54) is 11.1 Å². The van der Waals surface area contributed by atoms with Gasteiger partial charge < -0.3 is 23.7 Å². The zero-order valence-electron chi connectivity index (χ0n) is 21.3. The first-order valence-corrected chi connectivity index (χ1v) is 11.7. The number of aryl methyl sites for hydroxylation is 1. The van der Waals surface area contributed by atoms with Gasteiger partial charge in [0.2, 0.25) is 0 Å². The van der Waals surface area contributed by atoms with Crippen LogP contribution in [0.25, 0.3) is 0 Å². The molecule has 0 saturated carbocycles. The van der Waals surface area contributed by atoms with Crippen molar-refractivity contribution in [1.82, 2.24) is 4.90 Å². The Morgan fingerprint density at radius 2 is 1.69 bits per heavy atom. The van der Waals surface area contributed by atoms with Crippen LogP contribution in [0.5, 0.6) is 5.75 Å². The molecule has 3 rings (SSSR count). The minimum atomic E-state index is -0.461. The van der Waals surface area contributed by atoms with Gasteiger partial charge in [-0.05, 0) is 103 Å². The van der Waals surface area contributed by atoms with Crippen LogP contribution in [0.4, 0.5) is 4.79 Å². The van der Waals surface area contributed by atoms with Gasteiger partial charge in [-0.15, -0.1) is 0 Å². The molecule has 0 unspecified atom stereocenters. The van der Waals surface area contributed by atoms with Crippen molar-refractivity contribution >= 4 is 18.7 Å². The number of amides is 1. The van der Waals surface area contributed by atoms with Gasteiger partial charge in [0.25, 0.3) is 0 Å². The number of rotatable bonds is 4. The maximum Gasteiger partial charge on any atom is 0.494 e. The van der Waals surface area contributed by atoms with E-state index in [2.05, 4.69) is 46.8 Å². The molecule has 2 aliphatic rings. The first kappa shape index (κ1) is 24.9. The molecule has 2 aliphatic heterocycles. The number of carbonyl (C=O) groups is 1. The Morgan fingerprint density at radius 3 is 2.19 bits per heavy atom. The maximum absolute atomic E-state index is 12.3. The van der Waals surface area contributed by atoms with Crippen molar-refractivity contribution in [2.24, 2.45) is 5.92 Å². The summed E-state index contributed by atoms with van der Waals surface area (Å²) >= 11 is 0. The number of nitrogens with zero attached hydrogens (tertiary/aromatic N) is 1. The van der Waals surface area contributed by atoms with Crippen LogP contribution in [0, 0.1) is 12.8 Å². The van der Waals surface area contributed by atoms with Crippen LogP contribution >= 0.6 is 0 Å². The highest BCUT2D eigenvalue weighted by Crippen LogP contribution is 2.37. The van der Waals surface area contributed by atoms with Gasteiger partial charge in [0, 0.05) is 13.1 Å². The molecule has 0 radical (unpaired) electrons. The molecule has 2 saturated heterocycles. The Hall–Kier alpha value is -1.73. The van der Waals surface area contributed by atoms with Crippen LogP contribution < -0.4 is 10.2 Å². The maximum atomic E-state index is 12.3. The Morgan fingerprint density at radius 1 is 1.12 bits per heavy atom. The minimum Gasteiger partial charge on any atom is -0.496 e. The summed E-state index contributed by atoms with van der Waals surface area (Å²) in [5.41, 5.74) is 2.19. The molecule has 1 aromatic rings. The summed E-state index contributed by atoms with van der Waals surface area (Å²) in [7, 11) is 1.32. The van der Waals surface area contributed by atoms with E-state index in [9.17, 15) is 4.79 Å². The minimum absolute atomic E-state index is 0.212. The third kappa shape index (κ3) is 5.42. The summed E-state index contributed by atoms with van der Waals surface area (Å²) < 4.78 is 23.8. The zero-order chi connectivity index (χ0) is 23.9. The normalized spacial score (nSPS) is 21.0. The fraction of sp³-hybridized carbons (Fsp3) is 0.720. The molecular formula is C25H40BNO5. The first-order chi connectivity index (χ1) is 14.7. The summed E-state index contributed by atoms with van der Waals surface area (Å²) in [5.74, 6) is 1.38. The Balaban J connectivity index is 1.68. The smallest absolute Gasteiger partial charge is 0.494 e. The van der Waals surface area contributed by atoms with Crippen molar-refractivity contribution in [1.29, 1.82) is 0 Å². The number of likely N-dealkylation sites (tertiary alicyclic amines) is 1. The number of ether oxygens (including phenoxy) is 2. The number of benzene rings is 1. The van der Waals surface area contributed by atoms with Gasteiger partial charge in [0.1, 0.15) is 11.4 Å². The van der Waals surface area contributed by atoms with E-state index < -0.39 is 12.7 Å². The zero-order valence-corrected chi connectivity index (χ0v) is 21.3. The molecule has 7 heteroatoms.